The average molecular weight is 362 g/mol. The lowest BCUT2D eigenvalue weighted by Crippen LogP contribution is -2.27. The van der Waals surface area contributed by atoms with Gasteiger partial charge >= 0.3 is 0 Å². The fourth-order valence-electron chi connectivity index (χ4n) is 2.53. The third-order valence-electron chi connectivity index (χ3n) is 3.95. The first-order chi connectivity index (χ1) is 13.1. The number of rotatable bonds is 6. The monoisotopic (exact) mass is 362 g/mol. The van der Waals surface area contributed by atoms with Gasteiger partial charge in [-0.15, -0.1) is 0 Å². The van der Waals surface area contributed by atoms with Crippen LogP contribution in [0, 0.1) is 18.3 Å². The molecule has 0 bridgehead atoms. The van der Waals surface area contributed by atoms with Gasteiger partial charge in [0.25, 0.3) is 5.91 Å². The third kappa shape index (κ3) is 4.50. The van der Waals surface area contributed by atoms with Crippen LogP contribution in [-0.2, 0) is 6.61 Å². The van der Waals surface area contributed by atoms with Gasteiger partial charge in [-0.25, -0.2) is 0 Å². The Morgan fingerprint density at radius 2 is 2.00 bits per heavy atom. The van der Waals surface area contributed by atoms with E-state index in [0.29, 0.717) is 28.6 Å². The maximum Gasteiger partial charge on any atom is 0.255 e. The molecule has 3 aromatic rings. The van der Waals surface area contributed by atoms with Gasteiger partial charge in [-0.2, -0.15) is 10.2 Å². The molecule has 0 spiro atoms. The summed E-state index contributed by atoms with van der Waals surface area (Å²) in [5.41, 5.74) is 1.90. The quantitative estimate of drug-likeness (QED) is 0.722. The third-order valence-corrected chi connectivity index (χ3v) is 3.95. The lowest BCUT2D eigenvalue weighted by molar-refractivity contribution is 0.0935. The molecule has 0 aliphatic carbocycles. The van der Waals surface area contributed by atoms with Gasteiger partial charge in [0, 0.05) is 6.92 Å². The van der Waals surface area contributed by atoms with Crippen LogP contribution in [0.5, 0.6) is 5.75 Å². The molecule has 1 atom stereocenters. The zero-order valence-corrected chi connectivity index (χ0v) is 15.0. The lowest BCUT2D eigenvalue weighted by Gasteiger charge is -2.16. The van der Waals surface area contributed by atoms with E-state index in [-0.39, 0.29) is 18.6 Å². The summed E-state index contributed by atoms with van der Waals surface area (Å²) in [5.74, 6) is 1.04. The number of hydrogen-bond donors (Lipinski definition) is 1. The molecule has 0 aliphatic heterocycles. The van der Waals surface area contributed by atoms with Gasteiger partial charge < -0.3 is 14.6 Å². The summed E-state index contributed by atoms with van der Waals surface area (Å²) in [5, 5.41) is 15.6. The number of para-hydroxylation sites is 1. The number of amides is 1. The molecule has 1 unspecified atom stereocenters. The van der Waals surface area contributed by atoms with Gasteiger partial charge in [0.05, 0.1) is 23.2 Å². The van der Waals surface area contributed by atoms with E-state index in [4.69, 9.17) is 14.5 Å². The maximum atomic E-state index is 12.7. The van der Waals surface area contributed by atoms with Crippen LogP contribution in [0.4, 0.5) is 0 Å². The van der Waals surface area contributed by atoms with Crippen LogP contribution in [0.1, 0.15) is 46.2 Å². The summed E-state index contributed by atoms with van der Waals surface area (Å²) in [6, 6.07) is 15.9. The Morgan fingerprint density at radius 3 is 2.67 bits per heavy atom. The Balaban J connectivity index is 1.69. The number of carbonyl (C=O) groups is 1. The van der Waals surface area contributed by atoms with Crippen molar-refractivity contribution < 1.29 is 14.1 Å². The second-order valence-corrected chi connectivity index (χ2v) is 5.94. The van der Waals surface area contributed by atoms with Crippen molar-refractivity contribution in [2.45, 2.75) is 26.5 Å². The predicted octanol–water partition coefficient (Wildman–Crippen LogP) is 3.32. The largest absolute Gasteiger partial charge is 0.485 e. The van der Waals surface area contributed by atoms with Crippen LogP contribution in [-0.4, -0.2) is 16.0 Å². The van der Waals surface area contributed by atoms with Crippen LogP contribution in [0.3, 0.4) is 0 Å². The Kier molecular flexibility index (Phi) is 5.47. The molecule has 27 heavy (non-hydrogen) atoms. The lowest BCUT2D eigenvalue weighted by atomic mass is 10.1. The summed E-state index contributed by atoms with van der Waals surface area (Å²) in [6.45, 7) is 3.68. The SMILES string of the molecule is Cc1nc(COc2ccccc2C(=O)NC(C)c2ccc(C#N)cc2)no1. The van der Waals surface area contributed by atoms with E-state index in [0.717, 1.165) is 5.56 Å². The first-order valence-corrected chi connectivity index (χ1v) is 8.39. The Hall–Kier alpha value is -3.66. The van der Waals surface area contributed by atoms with Gasteiger partial charge in [-0.3, -0.25) is 4.79 Å². The highest BCUT2D eigenvalue weighted by Gasteiger charge is 2.16. The number of carbonyl (C=O) groups excluding carboxylic acids is 1. The molecule has 0 aliphatic rings. The number of hydrogen-bond acceptors (Lipinski definition) is 6. The maximum absolute atomic E-state index is 12.7. The van der Waals surface area contributed by atoms with Crippen molar-refractivity contribution in [3.63, 3.8) is 0 Å². The first-order valence-electron chi connectivity index (χ1n) is 8.39. The van der Waals surface area contributed by atoms with Gasteiger partial charge in [-0.05, 0) is 36.8 Å². The molecule has 1 heterocycles. The first kappa shape index (κ1) is 18.1. The molecule has 0 saturated carbocycles. The molecule has 2 aromatic carbocycles. The van der Waals surface area contributed by atoms with Crippen molar-refractivity contribution >= 4 is 5.91 Å². The number of nitrogens with one attached hydrogen (secondary N) is 1. The van der Waals surface area contributed by atoms with E-state index in [1.54, 1.807) is 43.3 Å². The summed E-state index contributed by atoms with van der Waals surface area (Å²) in [7, 11) is 0. The van der Waals surface area contributed by atoms with E-state index in [1.165, 1.54) is 0 Å². The summed E-state index contributed by atoms with van der Waals surface area (Å²) >= 11 is 0. The molecule has 0 fully saturated rings. The summed E-state index contributed by atoms with van der Waals surface area (Å²) in [6.07, 6.45) is 0. The highest BCUT2D eigenvalue weighted by molar-refractivity contribution is 5.97. The Bertz CT molecular complexity index is 973. The molecular weight excluding hydrogens is 344 g/mol. The zero-order valence-electron chi connectivity index (χ0n) is 15.0. The van der Waals surface area contributed by atoms with Crippen LogP contribution in [0.25, 0.3) is 0 Å². The van der Waals surface area contributed by atoms with Crippen molar-refractivity contribution in [1.82, 2.24) is 15.5 Å². The minimum absolute atomic E-state index is 0.104. The topological polar surface area (TPSA) is 101 Å². The van der Waals surface area contributed by atoms with Crippen LogP contribution < -0.4 is 10.1 Å². The van der Waals surface area contributed by atoms with E-state index < -0.39 is 0 Å². The van der Waals surface area contributed by atoms with E-state index in [2.05, 4.69) is 21.5 Å². The number of aryl methyl sites for hydroxylation is 1. The normalized spacial score (nSPS) is 11.4. The molecule has 1 aromatic heterocycles. The molecule has 136 valence electrons. The minimum atomic E-state index is -0.258. The zero-order chi connectivity index (χ0) is 19.2. The minimum Gasteiger partial charge on any atom is -0.485 e. The number of ether oxygens (including phenoxy) is 1. The smallest absolute Gasteiger partial charge is 0.255 e. The molecule has 7 nitrogen and oxygen atoms in total. The second kappa shape index (κ2) is 8.15. The van der Waals surface area contributed by atoms with Crippen molar-refractivity contribution in [3.05, 3.63) is 76.9 Å². The van der Waals surface area contributed by atoms with Crippen LogP contribution in [0.2, 0.25) is 0 Å². The predicted molar refractivity (Wildman–Crippen MR) is 96.8 cm³/mol. The van der Waals surface area contributed by atoms with Crippen molar-refractivity contribution in [2.24, 2.45) is 0 Å². The number of nitriles is 1. The fraction of sp³-hybridized carbons (Fsp3) is 0.200. The van der Waals surface area contributed by atoms with Crippen molar-refractivity contribution in [2.75, 3.05) is 0 Å². The van der Waals surface area contributed by atoms with Gasteiger partial charge in [0.1, 0.15) is 5.75 Å². The van der Waals surface area contributed by atoms with Crippen LogP contribution in [0.15, 0.2) is 53.1 Å². The molecule has 3 rings (SSSR count). The standard InChI is InChI=1S/C20H18N4O3/c1-13(16-9-7-15(11-21)8-10-16)22-20(25)17-5-3-4-6-18(17)26-12-19-23-14(2)27-24-19/h3-10,13H,12H2,1-2H3,(H,22,25). The summed E-state index contributed by atoms with van der Waals surface area (Å²) in [4.78, 5) is 16.8. The molecule has 1 N–H and O–H groups in total. The summed E-state index contributed by atoms with van der Waals surface area (Å²) < 4.78 is 10.6. The molecule has 1 amide bonds. The Labute approximate surface area is 156 Å². The molecular formula is C20H18N4O3. The van der Waals surface area contributed by atoms with E-state index in [9.17, 15) is 4.79 Å². The van der Waals surface area contributed by atoms with Gasteiger partial charge in [0.2, 0.25) is 11.7 Å². The van der Waals surface area contributed by atoms with Crippen molar-refractivity contribution in [3.8, 4) is 11.8 Å². The van der Waals surface area contributed by atoms with Crippen molar-refractivity contribution in [1.29, 1.82) is 5.26 Å². The van der Waals surface area contributed by atoms with Gasteiger partial charge in [0.15, 0.2) is 6.61 Å². The van der Waals surface area contributed by atoms with Crippen LogP contribution >= 0.6 is 0 Å². The number of aromatic nitrogens is 2. The Morgan fingerprint density at radius 1 is 1.26 bits per heavy atom. The number of benzene rings is 2. The average Bonchev–Trinajstić information content (AvgIpc) is 3.11. The van der Waals surface area contributed by atoms with Gasteiger partial charge in [-0.1, -0.05) is 29.4 Å². The van der Waals surface area contributed by atoms with E-state index in [1.807, 2.05) is 19.1 Å². The number of nitrogens with zero attached hydrogens (tertiary/aromatic N) is 3. The second-order valence-electron chi connectivity index (χ2n) is 5.94. The fourth-order valence-corrected chi connectivity index (χ4v) is 2.53. The van der Waals surface area contributed by atoms with E-state index >= 15 is 0 Å². The highest BCUT2D eigenvalue weighted by atomic mass is 16.5. The highest BCUT2D eigenvalue weighted by Crippen LogP contribution is 2.21. The molecule has 7 heteroatoms. The molecule has 0 radical (unpaired) electrons. The molecule has 0 saturated heterocycles.